The molecule has 0 unspecified atom stereocenters. The highest BCUT2D eigenvalue weighted by Crippen LogP contribution is 2.24. The minimum absolute atomic E-state index is 0.161. The van der Waals surface area contributed by atoms with Crippen LogP contribution in [0.1, 0.15) is 18.4 Å². The molecule has 0 aliphatic heterocycles. The number of rotatable bonds is 5. The van der Waals surface area contributed by atoms with E-state index in [0.717, 1.165) is 23.3 Å². The molecule has 0 aliphatic rings. The second-order valence-electron chi connectivity index (χ2n) is 4.69. The molecular formula is C14H18N2O2S. The minimum Gasteiger partial charge on any atom is -0.431 e. The van der Waals surface area contributed by atoms with E-state index in [4.69, 9.17) is 4.42 Å². The predicted octanol–water partition coefficient (Wildman–Crippen LogP) is 3.10. The lowest BCUT2D eigenvalue weighted by molar-refractivity contribution is -0.128. The summed E-state index contributed by atoms with van der Waals surface area (Å²) in [7, 11) is 3.55. The maximum absolute atomic E-state index is 11.4. The summed E-state index contributed by atoms with van der Waals surface area (Å²) >= 11 is 1.56. The fourth-order valence-corrected chi connectivity index (χ4v) is 2.46. The van der Waals surface area contributed by atoms with Crippen molar-refractivity contribution in [2.75, 3.05) is 19.8 Å². The molecule has 1 aromatic heterocycles. The van der Waals surface area contributed by atoms with Crippen molar-refractivity contribution in [1.29, 1.82) is 0 Å². The SMILES string of the molecule is Cc1ccc2oc(SCCCC(=O)N(C)C)nc2c1. The summed E-state index contributed by atoms with van der Waals surface area (Å²) in [6.07, 6.45) is 1.40. The number of hydrogen-bond acceptors (Lipinski definition) is 4. The van der Waals surface area contributed by atoms with E-state index in [-0.39, 0.29) is 5.91 Å². The van der Waals surface area contributed by atoms with Gasteiger partial charge >= 0.3 is 0 Å². The van der Waals surface area contributed by atoms with Crippen molar-refractivity contribution in [3.8, 4) is 0 Å². The summed E-state index contributed by atoms with van der Waals surface area (Å²) in [6.45, 7) is 2.04. The lowest BCUT2D eigenvalue weighted by atomic mass is 10.2. The van der Waals surface area contributed by atoms with E-state index in [9.17, 15) is 4.79 Å². The molecule has 0 aliphatic carbocycles. The van der Waals surface area contributed by atoms with Crippen molar-refractivity contribution in [3.63, 3.8) is 0 Å². The molecular weight excluding hydrogens is 260 g/mol. The smallest absolute Gasteiger partial charge is 0.256 e. The van der Waals surface area contributed by atoms with E-state index in [1.165, 1.54) is 5.56 Å². The van der Waals surface area contributed by atoms with Gasteiger partial charge in [-0.1, -0.05) is 17.8 Å². The third kappa shape index (κ3) is 3.73. The number of nitrogens with zero attached hydrogens (tertiary/aromatic N) is 2. The second kappa shape index (κ2) is 6.10. The standard InChI is InChI=1S/C14H18N2O2S/c1-10-6-7-12-11(9-10)15-14(18-12)19-8-4-5-13(17)16(2)3/h6-7,9H,4-5,8H2,1-3H3. The molecule has 2 aromatic rings. The van der Waals surface area contributed by atoms with E-state index < -0.39 is 0 Å². The molecule has 102 valence electrons. The molecule has 0 spiro atoms. The van der Waals surface area contributed by atoms with Crippen molar-refractivity contribution in [2.45, 2.75) is 25.0 Å². The summed E-state index contributed by atoms with van der Waals surface area (Å²) in [5, 5.41) is 0.679. The molecule has 0 saturated carbocycles. The van der Waals surface area contributed by atoms with Gasteiger partial charge in [-0.05, 0) is 31.0 Å². The fraction of sp³-hybridized carbons (Fsp3) is 0.429. The molecule has 0 bridgehead atoms. The lowest BCUT2D eigenvalue weighted by Crippen LogP contribution is -2.21. The van der Waals surface area contributed by atoms with E-state index in [1.807, 2.05) is 25.1 Å². The zero-order valence-electron chi connectivity index (χ0n) is 11.5. The van der Waals surface area contributed by atoms with Gasteiger partial charge in [0.15, 0.2) is 5.58 Å². The normalized spacial score (nSPS) is 10.9. The zero-order chi connectivity index (χ0) is 13.8. The number of aromatic nitrogens is 1. The average Bonchev–Trinajstić information content (AvgIpc) is 2.75. The monoisotopic (exact) mass is 278 g/mol. The van der Waals surface area contributed by atoms with Crippen LogP contribution in [0.2, 0.25) is 0 Å². The molecule has 19 heavy (non-hydrogen) atoms. The predicted molar refractivity (Wildman–Crippen MR) is 77.4 cm³/mol. The Balaban J connectivity index is 1.86. The summed E-state index contributed by atoms with van der Waals surface area (Å²) in [5.41, 5.74) is 2.89. The highest BCUT2D eigenvalue weighted by molar-refractivity contribution is 7.99. The fourth-order valence-electron chi connectivity index (χ4n) is 1.68. The van der Waals surface area contributed by atoms with Crippen LogP contribution in [0.4, 0.5) is 0 Å². The second-order valence-corrected chi connectivity index (χ2v) is 5.74. The maximum Gasteiger partial charge on any atom is 0.256 e. The topological polar surface area (TPSA) is 46.3 Å². The van der Waals surface area contributed by atoms with Crippen LogP contribution >= 0.6 is 11.8 Å². The van der Waals surface area contributed by atoms with Gasteiger partial charge < -0.3 is 9.32 Å². The van der Waals surface area contributed by atoms with Crippen molar-refractivity contribution in [1.82, 2.24) is 9.88 Å². The molecule has 5 heteroatoms. The van der Waals surface area contributed by atoms with Gasteiger partial charge in [-0.2, -0.15) is 0 Å². The van der Waals surface area contributed by atoms with E-state index in [2.05, 4.69) is 4.98 Å². The van der Waals surface area contributed by atoms with E-state index >= 15 is 0 Å². The molecule has 0 N–H and O–H groups in total. The number of carbonyl (C=O) groups is 1. The Labute approximate surface area is 117 Å². The van der Waals surface area contributed by atoms with Crippen LogP contribution in [-0.2, 0) is 4.79 Å². The first-order valence-corrected chi connectivity index (χ1v) is 7.25. The number of amides is 1. The third-order valence-electron chi connectivity index (χ3n) is 2.78. The number of fused-ring (bicyclic) bond motifs is 1. The van der Waals surface area contributed by atoms with Crippen LogP contribution in [0.15, 0.2) is 27.8 Å². The first-order valence-electron chi connectivity index (χ1n) is 6.26. The molecule has 0 fully saturated rings. The van der Waals surface area contributed by atoms with Crippen molar-refractivity contribution >= 4 is 28.8 Å². The lowest BCUT2D eigenvalue weighted by Gasteiger charge is -2.08. The van der Waals surface area contributed by atoms with E-state index in [0.29, 0.717) is 11.6 Å². The highest BCUT2D eigenvalue weighted by Gasteiger charge is 2.07. The Hall–Kier alpha value is -1.49. The molecule has 0 saturated heterocycles. The first-order chi connectivity index (χ1) is 9.06. The summed E-state index contributed by atoms with van der Waals surface area (Å²) in [4.78, 5) is 17.5. The number of hydrogen-bond donors (Lipinski definition) is 0. The van der Waals surface area contributed by atoms with Crippen molar-refractivity contribution < 1.29 is 9.21 Å². The number of oxazole rings is 1. The molecule has 0 radical (unpaired) electrons. The van der Waals surface area contributed by atoms with Gasteiger partial charge in [0.2, 0.25) is 5.91 Å². The van der Waals surface area contributed by atoms with Gasteiger partial charge in [0.05, 0.1) is 0 Å². The number of aryl methyl sites for hydroxylation is 1. The van der Waals surface area contributed by atoms with Crippen LogP contribution in [-0.4, -0.2) is 35.6 Å². The number of benzene rings is 1. The van der Waals surface area contributed by atoms with Gasteiger partial charge in [0.25, 0.3) is 5.22 Å². The molecule has 1 aromatic carbocycles. The Kier molecular flexibility index (Phi) is 4.47. The summed E-state index contributed by atoms with van der Waals surface area (Å²) in [6, 6.07) is 5.97. The first kappa shape index (κ1) is 13.9. The molecule has 4 nitrogen and oxygen atoms in total. The summed E-state index contributed by atoms with van der Waals surface area (Å²) < 4.78 is 5.63. The number of carbonyl (C=O) groups excluding carboxylic acids is 1. The van der Waals surface area contributed by atoms with Crippen LogP contribution in [0, 0.1) is 6.92 Å². The van der Waals surface area contributed by atoms with Crippen molar-refractivity contribution in [3.05, 3.63) is 23.8 Å². The van der Waals surface area contributed by atoms with Crippen LogP contribution < -0.4 is 0 Å². The van der Waals surface area contributed by atoms with Gasteiger partial charge in [-0.3, -0.25) is 4.79 Å². The average molecular weight is 278 g/mol. The zero-order valence-corrected chi connectivity index (χ0v) is 12.3. The van der Waals surface area contributed by atoms with Gasteiger partial charge in [0, 0.05) is 26.3 Å². The molecule has 2 rings (SSSR count). The Morgan fingerprint density at radius 3 is 2.95 bits per heavy atom. The van der Waals surface area contributed by atoms with Gasteiger partial charge in [-0.15, -0.1) is 0 Å². The largest absolute Gasteiger partial charge is 0.431 e. The molecule has 1 amide bonds. The molecule has 0 atom stereocenters. The number of thioether (sulfide) groups is 1. The molecule has 1 heterocycles. The minimum atomic E-state index is 0.161. The van der Waals surface area contributed by atoms with Gasteiger partial charge in [0.1, 0.15) is 5.52 Å². The Morgan fingerprint density at radius 1 is 1.42 bits per heavy atom. The van der Waals surface area contributed by atoms with Gasteiger partial charge in [-0.25, -0.2) is 4.98 Å². The Bertz CT molecular complexity index is 578. The van der Waals surface area contributed by atoms with E-state index in [1.54, 1.807) is 30.8 Å². The Morgan fingerprint density at radius 2 is 2.21 bits per heavy atom. The van der Waals surface area contributed by atoms with Crippen LogP contribution in [0.3, 0.4) is 0 Å². The quantitative estimate of drug-likeness (QED) is 0.623. The van der Waals surface area contributed by atoms with Crippen LogP contribution in [0.25, 0.3) is 11.1 Å². The summed E-state index contributed by atoms with van der Waals surface area (Å²) in [5.74, 6) is 1.000. The third-order valence-corrected chi connectivity index (χ3v) is 3.70. The van der Waals surface area contributed by atoms with Crippen LogP contribution in [0.5, 0.6) is 0 Å². The maximum atomic E-state index is 11.4. The van der Waals surface area contributed by atoms with Crippen molar-refractivity contribution in [2.24, 2.45) is 0 Å². The highest BCUT2D eigenvalue weighted by atomic mass is 32.2.